The van der Waals surface area contributed by atoms with Gasteiger partial charge in [-0.1, -0.05) is 23.2 Å². The Labute approximate surface area is 131 Å². The van der Waals surface area contributed by atoms with Crippen LogP contribution in [0.3, 0.4) is 0 Å². The van der Waals surface area contributed by atoms with Crippen molar-refractivity contribution in [2.75, 3.05) is 5.32 Å². The Morgan fingerprint density at radius 1 is 1.10 bits per heavy atom. The van der Waals surface area contributed by atoms with Crippen molar-refractivity contribution < 1.29 is 13.6 Å². The van der Waals surface area contributed by atoms with Crippen LogP contribution in [-0.2, 0) is 0 Å². The second-order valence-electron chi connectivity index (χ2n) is 3.82. The molecule has 2 aromatic carbocycles. The third-order valence-electron chi connectivity index (χ3n) is 2.43. The van der Waals surface area contributed by atoms with E-state index in [1.807, 2.05) is 0 Å². The number of amides is 1. The van der Waals surface area contributed by atoms with Gasteiger partial charge >= 0.3 is 0 Å². The van der Waals surface area contributed by atoms with Crippen LogP contribution in [0.15, 0.2) is 34.8 Å². The highest BCUT2D eigenvalue weighted by Crippen LogP contribution is 2.25. The van der Waals surface area contributed by atoms with Gasteiger partial charge in [0.15, 0.2) is 0 Å². The molecule has 0 aliphatic heterocycles. The van der Waals surface area contributed by atoms with Gasteiger partial charge in [-0.15, -0.1) is 0 Å². The zero-order valence-electron chi connectivity index (χ0n) is 9.68. The van der Waals surface area contributed by atoms with Gasteiger partial charge in [-0.3, -0.25) is 4.79 Å². The average molecular weight is 381 g/mol. The molecule has 104 valence electrons. The van der Waals surface area contributed by atoms with Crippen molar-refractivity contribution in [2.45, 2.75) is 0 Å². The molecule has 0 aromatic heterocycles. The molecule has 0 atom stereocenters. The van der Waals surface area contributed by atoms with Gasteiger partial charge < -0.3 is 5.32 Å². The van der Waals surface area contributed by atoms with Crippen LogP contribution in [-0.4, -0.2) is 5.91 Å². The lowest BCUT2D eigenvalue weighted by Gasteiger charge is -2.09. The van der Waals surface area contributed by atoms with Crippen molar-refractivity contribution in [2.24, 2.45) is 0 Å². The van der Waals surface area contributed by atoms with Gasteiger partial charge in [0.2, 0.25) is 0 Å². The minimum Gasteiger partial charge on any atom is -0.319 e. The molecule has 20 heavy (non-hydrogen) atoms. The first-order valence-electron chi connectivity index (χ1n) is 5.29. The second kappa shape index (κ2) is 6.08. The zero-order chi connectivity index (χ0) is 14.9. The SMILES string of the molecule is O=C(Nc1cc(F)c(Br)cc1F)c1ccc(Cl)cc1Cl. The standard InChI is InChI=1S/C13H6BrCl2F2NO/c14-8-4-11(18)12(5-10(8)17)19-13(20)7-2-1-6(15)3-9(7)16/h1-5H,(H,19,20). The molecular formula is C13H6BrCl2F2NO. The number of hydrogen-bond acceptors (Lipinski definition) is 1. The van der Waals surface area contributed by atoms with E-state index in [1.165, 1.54) is 18.2 Å². The maximum Gasteiger partial charge on any atom is 0.257 e. The quantitative estimate of drug-likeness (QED) is 0.705. The summed E-state index contributed by atoms with van der Waals surface area (Å²) in [7, 11) is 0. The molecule has 0 fully saturated rings. The maximum atomic E-state index is 13.6. The second-order valence-corrected chi connectivity index (χ2v) is 5.52. The molecular weight excluding hydrogens is 375 g/mol. The third-order valence-corrected chi connectivity index (χ3v) is 3.59. The molecule has 2 aromatic rings. The predicted octanol–water partition coefficient (Wildman–Crippen LogP) is 5.29. The Bertz CT molecular complexity index is 694. The van der Waals surface area contributed by atoms with Gasteiger partial charge in [-0.05, 0) is 40.2 Å². The summed E-state index contributed by atoms with van der Waals surface area (Å²) >= 11 is 14.4. The fourth-order valence-corrected chi connectivity index (χ4v) is 2.29. The largest absolute Gasteiger partial charge is 0.319 e. The number of anilines is 1. The molecule has 0 radical (unpaired) electrons. The van der Waals surface area contributed by atoms with Gasteiger partial charge in [0, 0.05) is 11.1 Å². The molecule has 1 N–H and O–H groups in total. The van der Waals surface area contributed by atoms with Crippen LogP contribution in [0.25, 0.3) is 0 Å². The van der Waals surface area contributed by atoms with E-state index in [0.29, 0.717) is 5.02 Å². The van der Waals surface area contributed by atoms with Crippen molar-refractivity contribution in [1.82, 2.24) is 0 Å². The number of carbonyl (C=O) groups is 1. The van der Waals surface area contributed by atoms with E-state index < -0.39 is 17.5 Å². The third kappa shape index (κ3) is 3.29. The summed E-state index contributed by atoms with van der Waals surface area (Å²) in [5, 5.41) is 2.74. The first-order chi connectivity index (χ1) is 9.38. The molecule has 0 saturated carbocycles. The highest BCUT2D eigenvalue weighted by atomic mass is 79.9. The lowest BCUT2D eigenvalue weighted by Crippen LogP contribution is -2.13. The van der Waals surface area contributed by atoms with Crippen molar-refractivity contribution >= 4 is 50.7 Å². The van der Waals surface area contributed by atoms with Gasteiger partial charge in [-0.25, -0.2) is 8.78 Å². The highest BCUT2D eigenvalue weighted by molar-refractivity contribution is 9.10. The van der Waals surface area contributed by atoms with Crippen LogP contribution in [0.1, 0.15) is 10.4 Å². The fraction of sp³-hybridized carbons (Fsp3) is 0. The van der Waals surface area contributed by atoms with E-state index in [2.05, 4.69) is 21.2 Å². The summed E-state index contributed by atoms with van der Waals surface area (Å²) < 4.78 is 26.9. The lowest BCUT2D eigenvalue weighted by molar-refractivity contribution is 0.102. The summed E-state index contributed by atoms with van der Waals surface area (Å²) in [5.74, 6) is -2.12. The Morgan fingerprint density at radius 3 is 2.45 bits per heavy atom. The molecule has 0 aliphatic rings. The van der Waals surface area contributed by atoms with Gasteiger partial charge in [-0.2, -0.15) is 0 Å². The molecule has 0 unspecified atom stereocenters. The number of hydrogen-bond donors (Lipinski definition) is 1. The molecule has 0 heterocycles. The van der Waals surface area contributed by atoms with Crippen LogP contribution in [0.2, 0.25) is 10.0 Å². The van der Waals surface area contributed by atoms with Gasteiger partial charge in [0.25, 0.3) is 5.91 Å². The molecule has 7 heteroatoms. The summed E-state index contributed by atoms with van der Waals surface area (Å²) in [6.07, 6.45) is 0. The summed E-state index contributed by atoms with van der Waals surface area (Å²) in [5.41, 5.74) is -0.166. The van der Waals surface area contributed by atoms with Crippen LogP contribution >= 0.6 is 39.1 Å². The lowest BCUT2D eigenvalue weighted by atomic mass is 10.2. The molecule has 0 saturated heterocycles. The summed E-state index contributed by atoms with van der Waals surface area (Å²) in [6.45, 7) is 0. The van der Waals surface area contributed by atoms with Crippen LogP contribution in [0.4, 0.5) is 14.5 Å². The van der Waals surface area contributed by atoms with Crippen LogP contribution < -0.4 is 5.32 Å². The van der Waals surface area contributed by atoms with E-state index >= 15 is 0 Å². The first-order valence-corrected chi connectivity index (χ1v) is 6.84. The molecule has 0 aliphatic carbocycles. The minimum atomic E-state index is -0.767. The van der Waals surface area contributed by atoms with Crippen LogP contribution in [0.5, 0.6) is 0 Å². The van der Waals surface area contributed by atoms with E-state index in [4.69, 9.17) is 23.2 Å². The van der Waals surface area contributed by atoms with E-state index in [1.54, 1.807) is 0 Å². The van der Waals surface area contributed by atoms with Crippen molar-refractivity contribution in [1.29, 1.82) is 0 Å². The van der Waals surface area contributed by atoms with Gasteiger partial charge in [0.05, 0.1) is 20.7 Å². The van der Waals surface area contributed by atoms with E-state index in [9.17, 15) is 13.6 Å². The number of nitrogens with one attached hydrogen (secondary N) is 1. The molecule has 0 spiro atoms. The Kier molecular flexibility index (Phi) is 4.62. The maximum absolute atomic E-state index is 13.6. The van der Waals surface area contributed by atoms with E-state index in [0.717, 1.165) is 12.1 Å². The molecule has 2 nitrogen and oxygen atoms in total. The van der Waals surface area contributed by atoms with Crippen molar-refractivity contribution in [3.63, 3.8) is 0 Å². The summed E-state index contributed by atoms with van der Waals surface area (Å²) in [4.78, 5) is 12.0. The smallest absolute Gasteiger partial charge is 0.257 e. The predicted molar refractivity (Wildman–Crippen MR) is 78.5 cm³/mol. The highest BCUT2D eigenvalue weighted by Gasteiger charge is 2.15. The average Bonchev–Trinajstić information content (AvgIpc) is 2.35. The zero-order valence-corrected chi connectivity index (χ0v) is 12.8. The van der Waals surface area contributed by atoms with Crippen molar-refractivity contribution in [3.05, 3.63) is 62.0 Å². The number of carbonyl (C=O) groups excluding carboxylic acids is 1. The normalized spacial score (nSPS) is 10.4. The molecule has 0 bridgehead atoms. The fourth-order valence-electron chi connectivity index (χ4n) is 1.48. The minimum absolute atomic E-state index is 0.0301. The Morgan fingerprint density at radius 2 is 1.80 bits per heavy atom. The number of benzene rings is 2. The Balaban J connectivity index is 2.30. The van der Waals surface area contributed by atoms with Crippen molar-refractivity contribution in [3.8, 4) is 0 Å². The first kappa shape index (κ1) is 15.2. The number of rotatable bonds is 2. The molecule has 1 amide bonds. The van der Waals surface area contributed by atoms with E-state index in [-0.39, 0.29) is 20.7 Å². The molecule has 2 rings (SSSR count). The summed E-state index contributed by atoms with van der Waals surface area (Å²) in [6, 6.07) is 6.06. The Hall–Kier alpha value is -1.17. The monoisotopic (exact) mass is 379 g/mol. The topological polar surface area (TPSA) is 29.1 Å². The number of halogens is 5. The van der Waals surface area contributed by atoms with Gasteiger partial charge in [0.1, 0.15) is 11.6 Å². The van der Waals surface area contributed by atoms with Crippen LogP contribution in [0, 0.1) is 11.6 Å².